The van der Waals surface area contributed by atoms with Gasteiger partial charge in [-0.15, -0.1) is 0 Å². The van der Waals surface area contributed by atoms with Gasteiger partial charge in [0.05, 0.1) is 10.0 Å². The van der Waals surface area contributed by atoms with Gasteiger partial charge in [-0.1, -0.05) is 12.5 Å². The molecule has 1 heterocycles. The highest BCUT2D eigenvalue weighted by molar-refractivity contribution is 9.10. The van der Waals surface area contributed by atoms with E-state index < -0.39 is 24.2 Å². The largest absolute Gasteiger partial charge is 0.483 e. The van der Waals surface area contributed by atoms with Gasteiger partial charge >= 0.3 is 6.18 Å². The second-order valence-electron chi connectivity index (χ2n) is 7.52. The van der Waals surface area contributed by atoms with Gasteiger partial charge in [-0.3, -0.25) is 9.59 Å². The number of carbonyl (C=O) groups is 2. The van der Waals surface area contributed by atoms with Crippen LogP contribution in [0.15, 0.2) is 28.0 Å². The Bertz CT molecular complexity index is 853. The molecule has 0 saturated heterocycles. The Kier molecular flexibility index (Phi) is 7.54. The van der Waals surface area contributed by atoms with E-state index in [0.29, 0.717) is 12.1 Å². The van der Waals surface area contributed by atoms with Crippen molar-refractivity contribution < 1.29 is 27.5 Å². The summed E-state index contributed by atoms with van der Waals surface area (Å²) in [5, 5.41) is 5.80. The van der Waals surface area contributed by atoms with Gasteiger partial charge in [0.2, 0.25) is 5.91 Å². The minimum Gasteiger partial charge on any atom is -0.483 e. The van der Waals surface area contributed by atoms with Crippen LogP contribution in [0.25, 0.3) is 0 Å². The van der Waals surface area contributed by atoms with Gasteiger partial charge in [0, 0.05) is 24.9 Å². The lowest BCUT2D eigenvalue weighted by atomic mass is 9.87. The number of pyridine rings is 1. The summed E-state index contributed by atoms with van der Waals surface area (Å²) in [5.74, 6) is -0.826. The second-order valence-corrected chi connectivity index (χ2v) is 8.38. The standard InChI is InChI=1S/C20H25BrF3N3O3/c1-5-11(2)17(26-12(3)28)19(4,13-6-7-13)27-18(29)15-8-16(14(21)9-25-15)30-10-20(22,23)24/h8-9,13H,5-7,10H2,1-4H3,(H,26,28)(H,27,29)/b17-11+. The number of hydrogen-bond donors (Lipinski definition) is 2. The van der Waals surface area contributed by atoms with E-state index in [0.717, 1.165) is 24.5 Å². The zero-order valence-electron chi connectivity index (χ0n) is 17.2. The summed E-state index contributed by atoms with van der Waals surface area (Å²) in [6.45, 7) is 5.60. The van der Waals surface area contributed by atoms with Gasteiger partial charge in [-0.05, 0) is 55.0 Å². The summed E-state index contributed by atoms with van der Waals surface area (Å²) in [6, 6.07) is 1.16. The number of allylic oxidation sites excluding steroid dienone is 1. The Morgan fingerprint density at radius 1 is 1.30 bits per heavy atom. The van der Waals surface area contributed by atoms with Crippen LogP contribution in [0.5, 0.6) is 5.75 Å². The van der Waals surface area contributed by atoms with E-state index in [1.807, 2.05) is 20.8 Å². The van der Waals surface area contributed by atoms with E-state index in [1.165, 1.54) is 13.1 Å². The smallest absolute Gasteiger partial charge is 0.422 e. The van der Waals surface area contributed by atoms with Gasteiger partial charge in [-0.2, -0.15) is 13.2 Å². The molecule has 1 aromatic rings. The molecule has 1 atom stereocenters. The number of halogens is 4. The van der Waals surface area contributed by atoms with Crippen molar-refractivity contribution in [3.63, 3.8) is 0 Å². The SMILES string of the molecule is CC/C(C)=C(/NC(C)=O)C(C)(NC(=O)c1cc(OCC(F)(F)F)c(Br)cn1)C1CC1. The first-order valence-corrected chi connectivity index (χ1v) is 10.3. The zero-order chi connectivity index (χ0) is 22.7. The van der Waals surface area contributed by atoms with Gasteiger partial charge in [0.25, 0.3) is 5.91 Å². The Morgan fingerprint density at radius 2 is 1.93 bits per heavy atom. The molecule has 166 valence electrons. The van der Waals surface area contributed by atoms with Crippen LogP contribution < -0.4 is 15.4 Å². The summed E-state index contributed by atoms with van der Waals surface area (Å²) in [5.41, 5.74) is 0.639. The molecule has 1 aromatic heterocycles. The number of aromatic nitrogens is 1. The van der Waals surface area contributed by atoms with E-state index in [4.69, 9.17) is 4.74 Å². The Balaban J connectivity index is 2.32. The molecule has 2 rings (SSSR count). The molecular formula is C20H25BrF3N3O3. The predicted molar refractivity (Wildman–Crippen MR) is 109 cm³/mol. The molecule has 0 aliphatic heterocycles. The van der Waals surface area contributed by atoms with Gasteiger partial charge < -0.3 is 15.4 Å². The summed E-state index contributed by atoms with van der Waals surface area (Å²) in [4.78, 5) is 28.7. The monoisotopic (exact) mass is 491 g/mol. The molecule has 0 radical (unpaired) electrons. The molecular weight excluding hydrogens is 467 g/mol. The van der Waals surface area contributed by atoms with Crippen molar-refractivity contribution in [2.75, 3.05) is 6.61 Å². The number of rotatable bonds is 8. The first kappa shape index (κ1) is 24.2. The lowest BCUT2D eigenvalue weighted by molar-refractivity contribution is -0.153. The molecule has 10 heteroatoms. The molecule has 1 fully saturated rings. The average molecular weight is 492 g/mol. The van der Waals surface area contributed by atoms with Crippen LogP contribution in [0.1, 0.15) is 57.4 Å². The van der Waals surface area contributed by atoms with Crippen molar-refractivity contribution in [3.8, 4) is 5.75 Å². The van der Waals surface area contributed by atoms with E-state index in [-0.39, 0.29) is 27.7 Å². The third-order valence-corrected chi connectivity index (χ3v) is 5.58. The lowest BCUT2D eigenvalue weighted by Crippen LogP contribution is -2.54. The fourth-order valence-electron chi connectivity index (χ4n) is 3.18. The van der Waals surface area contributed by atoms with Crippen molar-refractivity contribution in [1.29, 1.82) is 0 Å². The molecule has 2 amide bonds. The van der Waals surface area contributed by atoms with E-state index in [9.17, 15) is 22.8 Å². The van der Waals surface area contributed by atoms with Crippen molar-refractivity contribution >= 4 is 27.7 Å². The fourth-order valence-corrected chi connectivity index (χ4v) is 3.51. The van der Waals surface area contributed by atoms with Crippen molar-refractivity contribution in [3.05, 3.63) is 33.7 Å². The number of amides is 2. The zero-order valence-corrected chi connectivity index (χ0v) is 18.8. The first-order chi connectivity index (χ1) is 13.9. The maximum Gasteiger partial charge on any atom is 0.422 e. The predicted octanol–water partition coefficient (Wildman–Crippen LogP) is 4.50. The molecule has 0 bridgehead atoms. The summed E-state index contributed by atoms with van der Waals surface area (Å²) in [6.07, 6.45) is -0.850. The highest BCUT2D eigenvalue weighted by Gasteiger charge is 2.46. The average Bonchev–Trinajstić information content (AvgIpc) is 3.49. The second kappa shape index (κ2) is 9.36. The van der Waals surface area contributed by atoms with Crippen LogP contribution in [0.3, 0.4) is 0 Å². The maximum atomic E-state index is 13.0. The van der Waals surface area contributed by atoms with Crippen LogP contribution >= 0.6 is 15.9 Å². The Labute approximate surface area is 181 Å². The fraction of sp³-hybridized carbons (Fsp3) is 0.550. The van der Waals surface area contributed by atoms with Crippen molar-refractivity contribution in [2.45, 2.75) is 58.7 Å². The third-order valence-electron chi connectivity index (χ3n) is 4.99. The number of nitrogens with one attached hydrogen (secondary N) is 2. The van der Waals surface area contributed by atoms with Crippen LogP contribution in [0.2, 0.25) is 0 Å². The number of nitrogens with zero attached hydrogens (tertiary/aromatic N) is 1. The summed E-state index contributed by atoms with van der Waals surface area (Å²) in [7, 11) is 0. The van der Waals surface area contributed by atoms with E-state index in [1.54, 1.807) is 0 Å². The summed E-state index contributed by atoms with van der Waals surface area (Å²) < 4.78 is 42.4. The van der Waals surface area contributed by atoms with Crippen LogP contribution in [-0.2, 0) is 4.79 Å². The summed E-state index contributed by atoms with van der Waals surface area (Å²) >= 11 is 3.08. The quantitative estimate of drug-likeness (QED) is 0.560. The van der Waals surface area contributed by atoms with E-state index >= 15 is 0 Å². The van der Waals surface area contributed by atoms with Crippen molar-refractivity contribution in [1.82, 2.24) is 15.6 Å². The molecule has 0 aromatic carbocycles. The molecule has 1 unspecified atom stereocenters. The molecule has 6 nitrogen and oxygen atoms in total. The first-order valence-electron chi connectivity index (χ1n) is 9.52. The molecule has 1 aliphatic carbocycles. The van der Waals surface area contributed by atoms with Crippen LogP contribution in [0.4, 0.5) is 13.2 Å². The minimum atomic E-state index is -4.51. The molecule has 0 spiro atoms. The normalized spacial score (nSPS) is 16.9. The third kappa shape index (κ3) is 6.20. The lowest BCUT2D eigenvalue weighted by Gasteiger charge is -2.35. The molecule has 2 N–H and O–H groups in total. The molecule has 1 saturated carbocycles. The van der Waals surface area contributed by atoms with Gasteiger partial charge in [0.15, 0.2) is 6.61 Å². The molecule has 1 aliphatic rings. The topological polar surface area (TPSA) is 80.3 Å². The van der Waals surface area contributed by atoms with E-state index in [2.05, 4.69) is 31.5 Å². The maximum absolute atomic E-state index is 13.0. The molecule has 30 heavy (non-hydrogen) atoms. The number of ether oxygens (including phenoxy) is 1. The van der Waals surface area contributed by atoms with Crippen LogP contribution in [-0.4, -0.2) is 35.1 Å². The van der Waals surface area contributed by atoms with Gasteiger partial charge in [-0.25, -0.2) is 4.98 Å². The Morgan fingerprint density at radius 3 is 2.43 bits per heavy atom. The number of carbonyl (C=O) groups excluding carboxylic acids is 2. The number of alkyl halides is 3. The minimum absolute atomic E-state index is 0.0847. The van der Waals surface area contributed by atoms with Crippen molar-refractivity contribution in [2.24, 2.45) is 5.92 Å². The highest BCUT2D eigenvalue weighted by Crippen LogP contribution is 2.44. The highest BCUT2D eigenvalue weighted by atomic mass is 79.9. The van der Waals surface area contributed by atoms with Crippen LogP contribution in [0, 0.1) is 5.92 Å². The Hall–Kier alpha value is -2.10. The number of hydrogen-bond acceptors (Lipinski definition) is 4. The van der Waals surface area contributed by atoms with Gasteiger partial charge in [0.1, 0.15) is 11.4 Å².